The van der Waals surface area contributed by atoms with Crippen LogP contribution in [-0.4, -0.2) is 30.2 Å². The maximum absolute atomic E-state index is 12.7. The second-order valence-corrected chi connectivity index (χ2v) is 5.82. The second kappa shape index (κ2) is 7.70. The van der Waals surface area contributed by atoms with Crippen molar-refractivity contribution < 1.29 is 24.2 Å². The number of carbonyl (C=O) groups excluding carboxylic acids is 1. The number of aryl methyl sites for hydroxylation is 1. The Kier molecular flexibility index (Phi) is 5.64. The van der Waals surface area contributed by atoms with Crippen LogP contribution in [0.25, 0.3) is 0 Å². The van der Waals surface area contributed by atoms with Gasteiger partial charge in [0.25, 0.3) is 5.91 Å². The number of hydrogen-bond acceptors (Lipinski definition) is 4. The molecule has 0 bridgehead atoms. The molecule has 0 aromatic heterocycles. The Morgan fingerprint density at radius 2 is 1.84 bits per heavy atom. The molecule has 2 aromatic carbocycles. The van der Waals surface area contributed by atoms with E-state index in [1.807, 2.05) is 13.8 Å². The first kappa shape index (κ1) is 18.3. The average Bonchev–Trinajstić information content (AvgIpc) is 2.55. The number of carboxylic acids is 1. The van der Waals surface area contributed by atoms with Crippen LogP contribution in [0.2, 0.25) is 0 Å². The molecule has 1 amide bonds. The topological polar surface area (TPSA) is 84.9 Å². The summed E-state index contributed by atoms with van der Waals surface area (Å²) >= 11 is 0. The largest absolute Gasteiger partial charge is 0.497 e. The number of carbonyl (C=O) groups is 2. The first-order valence-electron chi connectivity index (χ1n) is 7.81. The van der Waals surface area contributed by atoms with Gasteiger partial charge in [0.05, 0.1) is 24.3 Å². The molecule has 6 heteroatoms. The highest BCUT2D eigenvalue weighted by atomic mass is 16.5. The van der Waals surface area contributed by atoms with Crippen molar-refractivity contribution in [3.8, 4) is 11.5 Å². The van der Waals surface area contributed by atoms with Crippen LogP contribution in [0.15, 0.2) is 36.4 Å². The highest BCUT2D eigenvalue weighted by Gasteiger charge is 2.17. The zero-order chi connectivity index (χ0) is 18.6. The average molecular weight is 343 g/mol. The monoisotopic (exact) mass is 343 g/mol. The van der Waals surface area contributed by atoms with E-state index >= 15 is 0 Å². The van der Waals surface area contributed by atoms with Gasteiger partial charge in [-0.2, -0.15) is 0 Å². The first-order valence-corrected chi connectivity index (χ1v) is 7.81. The first-order chi connectivity index (χ1) is 11.8. The van der Waals surface area contributed by atoms with E-state index in [1.54, 1.807) is 31.2 Å². The minimum absolute atomic E-state index is 0.106. The van der Waals surface area contributed by atoms with E-state index in [0.29, 0.717) is 22.7 Å². The lowest BCUT2D eigenvalue weighted by Gasteiger charge is -2.16. The Morgan fingerprint density at radius 3 is 2.44 bits per heavy atom. The number of anilines is 1. The highest BCUT2D eigenvalue weighted by Crippen LogP contribution is 2.27. The van der Waals surface area contributed by atoms with E-state index in [-0.39, 0.29) is 17.6 Å². The molecule has 0 radical (unpaired) electrons. The molecule has 0 unspecified atom stereocenters. The van der Waals surface area contributed by atoms with Crippen molar-refractivity contribution in [2.45, 2.75) is 26.9 Å². The van der Waals surface area contributed by atoms with Crippen molar-refractivity contribution in [1.29, 1.82) is 0 Å². The molecule has 6 nitrogen and oxygen atoms in total. The molecule has 0 spiro atoms. The number of methoxy groups -OCH3 is 1. The van der Waals surface area contributed by atoms with Gasteiger partial charge in [-0.3, -0.25) is 4.79 Å². The molecular formula is C19H21NO5. The van der Waals surface area contributed by atoms with Gasteiger partial charge >= 0.3 is 5.97 Å². The summed E-state index contributed by atoms with van der Waals surface area (Å²) in [5, 5.41) is 11.9. The van der Waals surface area contributed by atoms with Crippen molar-refractivity contribution in [2.75, 3.05) is 12.4 Å². The number of benzene rings is 2. The molecule has 0 heterocycles. The fraction of sp³-hybridized carbons (Fsp3) is 0.263. The Labute approximate surface area is 146 Å². The summed E-state index contributed by atoms with van der Waals surface area (Å²) in [6.45, 7) is 5.52. The fourth-order valence-corrected chi connectivity index (χ4v) is 2.25. The summed E-state index contributed by atoms with van der Waals surface area (Å²) in [5.74, 6) is -0.456. The number of ether oxygens (including phenoxy) is 2. The molecule has 132 valence electrons. The van der Waals surface area contributed by atoms with Gasteiger partial charge in [-0.05, 0) is 50.6 Å². The van der Waals surface area contributed by atoms with E-state index in [1.165, 1.54) is 19.2 Å². The van der Waals surface area contributed by atoms with Gasteiger partial charge in [0.2, 0.25) is 0 Å². The summed E-state index contributed by atoms with van der Waals surface area (Å²) in [5.41, 5.74) is 1.65. The van der Waals surface area contributed by atoms with Crippen LogP contribution in [0.5, 0.6) is 11.5 Å². The third kappa shape index (κ3) is 4.50. The number of aromatic carboxylic acids is 1. The lowest BCUT2D eigenvalue weighted by Crippen LogP contribution is -2.16. The Bertz CT molecular complexity index is 798. The number of nitrogens with one attached hydrogen (secondary N) is 1. The van der Waals surface area contributed by atoms with Crippen LogP contribution in [0, 0.1) is 6.92 Å². The van der Waals surface area contributed by atoms with Crippen molar-refractivity contribution in [1.82, 2.24) is 0 Å². The zero-order valence-corrected chi connectivity index (χ0v) is 14.6. The van der Waals surface area contributed by atoms with E-state index < -0.39 is 5.97 Å². The maximum Gasteiger partial charge on any atom is 0.335 e. The highest BCUT2D eigenvalue weighted by molar-refractivity contribution is 6.07. The molecule has 0 aliphatic carbocycles. The fourth-order valence-electron chi connectivity index (χ4n) is 2.25. The molecular weight excluding hydrogens is 322 g/mol. The number of carboxylic acid groups (broad SMARTS) is 1. The van der Waals surface area contributed by atoms with Crippen molar-refractivity contribution in [3.63, 3.8) is 0 Å². The smallest absolute Gasteiger partial charge is 0.335 e. The summed E-state index contributed by atoms with van der Waals surface area (Å²) in [4.78, 5) is 23.8. The lowest BCUT2D eigenvalue weighted by atomic mass is 10.1. The molecule has 2 aromatic rings. The molecule has 0 atom stereocenters. The van der Waals surface area contributed by atoms with Gasteiger partial charge in [0.15, 0.2) is 0 Å². The van der Waals surface area contributed by atoms with Gasteiger partial charge in [-0.25, -0.2) is 4.79 Å². The van der Waals surface area contributed by atoms with E-state index in [2.05, 4.69) is 5.32 Å². The van der Waals surface area contributed by atoms with Crippen LogP contribution in [0.4, 0.5) is 5.69 Å². The van der Waals surface area contributed by atoms with Crippen LogP contribution >= 0.6 is 0 Å². The molecule has 0 fully saturated rings. The van der Waals surface area contributed by atoms with Gasteiger partial charge in [0.1, 0.15) is 11.5 Å². The standard InChI is InChI=1S/C19H21NO5/c1-11(2)25-17-10-14(24-4)7-8-15(17)18(21)20-16-9-13(19(22)23)6-5-12(16)3/h5-11H,1-4H3,(H,20,21)(H,22,23). The molecule has 0 aliphatic heterocycles. The minimum Gasteiger partial charge on any atom is -0.497 e. The van der Waals surface area contributed by atoms with Crippen LogP contribution < -0.4 is 14.8 Å². The molecule has 2 N–H and O–H groups in total. The predicted molar refractivity (Wildman–Crippen MR) is 94.8 cm³/mol. The van der Waals surface area contributed by atoms with Crippen molar-refractivity contribution >= 4 is 17.6 Å². The summed E-state index contributed by atoms with van der Waals surface area (Å²) in [6.07, 6.45) is -0.115. The third-order valence-corrected chi connectivity index (χ3v) is 3.53. The van der Waals surface area contributed by atoms with E-state index in [9.17, 15) is 9.59 Å². The zero-order valence-electron chi connectivity index (χ0n) is 14.6. The SMILES string of the molecule is COc1ccc(C(=O)Nc2cc(C(=O)O)ccc2C)c(OC(C)C)c1. The number of rotatable bonds is 6. The van der Waals surface area contributed by atoms with Gasteiger partial charge in [-0.15, -0.1) is 0 Å². The van der Waals surface area contributed by atoms with Gasteiger partial charge in [0, 0.05) is 11.8 Å². The molecule has 2 rings (SSSR count). The number of hydrogen-bond donors (Lipinski definition) is 2. The number of amides is 1. The summed E-state index contributed by atoms with van der Waals surface area (Å²) < 4.78 is 10.9. The summed E-state index contributed by atoms with van der Waals surface area (Å²) in [7, 11) is 1.54. The van der Waals surface area contributed by atoms with E-state index in [0.717, 1.165) is 5.56 Å². The Hall–Kier alpha value is -3.02. The van der Waals surface area contributed by atoms with Crippen LogP contribution in [0.1, 0.15) is 40.1 Å². The predicted octanol–water partition coefficient (Wildman–Crippen LogP) is 3.74. The van der Waals surface area contributed by atoms with Crippen LogP contribution in [-0.2, 0) is 0 Å². The molecule has 25 heavy (non-hydrogen) atoms. The molecule has 0 saturated carbocycles. The molecule has 0 saturated heterocycles. The van der Waals surface area contributed by atoms with Gasteiger partial charge < -0.3 is 19.9 Å². The summed E-state index contributed by atoms with van der Waals surface area (Å²) in [6, 6.07) is 9.51. The van der Waals surface area contributed by atoms with Crippen molar-refractivity contribution in [2.24, 2.45) is 0 Å². The van der Waals surface area contributed by atoms with Crippen molar-refractivity contribution in [3.05, 3.63) is 53.1 Å². The maximum atomic E-state index is 12.7. The normalized spacial score (nSPS) is 10.4. The van der Waals surface area contributed by atoms with E-state index in [4.69, 9.17) is 14.6 Å². The minimum atomic E-state index is -1.05. The molecule has 0 aliphatic rings. The Morgan fingerprint density at radius 1 is 1.12 bits per heavy atom. The van der Waals surface area contributed by atoms with Gasteiger partial charge in [-0.1, -0.05) is 6.07 Å². The van der Waals surface area contributed by atoms with Crippen LogP contribution in [0.3, 0.4) is 0 Å². The lowest BCUT2D eigenvalue weighted by molar-refractivity contribution is 0.0696. The third-order valence-electron chi connectivity index (χ3n) is 3.53. The second-order valence-electron chi connectivity index (χ2n) is 5.82. The Balaban J connectivity index is 2.35. The quantitative estimate of drug-likeness (QED) is 0.834.